The van der Waals surface area contributed by atoms with Crippen LogP contribution in [-0.2, 0) is 28.6 Å². The minimum Gasteiger partial charge on any atom is -0.462 e. The van der Waals surface area contributed by atoms with Crippen molar-refractivity contribution in [1.29, 1.82) is 0 Å². The topological polar surface area (TPSA) is 78.9 Å². The van der Waals surface area contributed by atoms with Gasteiger partial charge in [-0.2, -0.15) is 0 Å². The van der Waals surface area contributed by atoms with Crippen molar-refractivity contribution >= 4 is 17.9 Å². The third-order valence-electron chi connectivity index (χ3n) is 9.70. The normalized spacial score (nSPS) is 12.8. The first kappa shape index (κ1) is 54.6. The highest BCUT2D eigenvalue weighted by Crippen LogP contribution is 2.13. The number of unbranched alkanes of at least 4 members (excludes halogenated alkanes) is 19. The standard InChI is InChI=1S/C52H86O6/c1-4-7-10-13-16-19-22-25-26-28-30-33-36-39-42-45-51(54)57-48-49(47-56-50(53)44-41-38-35-32-29-24-21-18-15-12-9-6-3)58-52(55)46-43-40-37-34-31-27-23-20-17-14-11-8-5-2/h8-9,11-12,14,16-23,25,49H,4-7,10,13,15,24,26-48H2,1-3H3/b11-8-,12-9-,17-14-,19-16-,21-18-,23-20-,25-22-. The van der Waals surface area contributed by atoms with Gasteiger partial charge in [-0.25, -0.2) is 0 Å². The molecule has 0 spiro atoms. The van der Waals surface area contributed by atoms with Crippen LogP contribution in [0.4, 0.5) is 0 Å². The molecule has 0 saturated carbocycles. The van der Waals surface area contributed by atoms with E-state index in [1.165, 1.54) is 44.9 Å². The van der Waals surface area contributed by atoms with Crippen molar-refractivity contribution in [2.75, 3.05) is 13.2 Å². The number of esters is 3. The van der Waals surface area contributed by atoms with Crippen LogP contribution >= 0.6 is 0 Å². The molecule has 0 radical (unpaired) electrons. The monoisotopic (exact) mass is 807 g/mol. The second kappa shape index (κ2) is 46.3. The lowest BCUT2D eigenvalue weighted by molar-refractivity contribution is -0.167. The number of allylic oxidation sites excluding steroid dienone is 14. The molecule has 6 heteroatoms. The summed E-state index contributed by atoms with van der Waals surface area (Å²) >= 11 is 0. The van der Waals surface area contributed by atoms with Crippen LogP contribution in [0.15, 0.2) is 85.1 Å². The zero-order chi connectivity index (χ0) is 42.3. The summed E-state index contributed by atoms with van der Waals surface area (Å²) in [5, 5.41) is 0. The molecule has 0 fully saturated rings. The fraction of sp³-hybridized carbons (Fsp3) is 0.673. The summed E-state index contributed by atoms with van der Waals surface area (Å²) < 4.78 is 16.7. The molecule has 0 aromatic rings. The summed E-state index contributed by atoms with van der Waals surface area (Å²) in [5.74, 6) is -0.950. The van der Waals surface area contributed by atoms with Crippen molar-refractivity contribution in [2.24, 2.45) is 0 Å². The Bertz CT molecular complexity index is 1160. The van der Waals surface area contributed by atoms with Gasteiger partial charge in [-0.05, 0) is 89.9 Å². The molecule has 0 N–H and O–H groups in total. The SMILES string of the molecule is CC\C=C/C=C\C=C/CCCCCCCC(=O)OC(COC(=O)CCCCCCC/C=C\C/C=C\CC)COC(=O)CCCCCCCC/C=C\C=C/CCCCC. The molecule has 0 bridgehead atoms. The Kier molecular flexibility index (Phi) is 43.6. The second-order valence-electron chi connectivity index (χ2n) is 15.3. The lowest BCUT2D eigenvalue weighted by atomic mass is 10.1. The van der Waals surface area contributed by atoms with Gasteiger partial charge in [0.1, 0.15) is 13.2 Å². The number of carbonyl (C=O) groups excluding carboxylic acids is 3. The van der Waals surface area contributed by atoms with Crippen LogP contribution in [0, 0.1) is 0 Å². The molecule has 1 unspecified atom stereocenters. The summed E-state index contributed by atoms with van der Waals surface area (Å²) in [6.45, 7) is 6.31. The van der Waals surface area contributed by atoms with Crippen molar-refractivity contribution < 1.29 is 28.6 Å². The lowest BCUT2D eigenvalue weighted by Crippen LogP contribution is -2.30. The Morgan fingerprint density at radius 2 is 0.759 bits per heavy atom. The van der Waals surface area contributed by atoms with Crippen molar-refractivity contribution in [1.82, 2.24) is 0 Å². The van der Waals surface area contributed by atoms with Crippen LogP contribution < -0.4 is 0 Å². The Hall–Kier alpha value is -3.41. The summed E-state index contributed by atoms with van der Waals surface area (Å²) in [5.41, 5.74) is 0. The third kappa shape index (κ3) is 43.7. The predicted octanol–water partition coefficient (Wildman–Crippen LogP) is 15.3. The number of hydrogen-bond acceptors (Lipinski definition) is 6. The van der Waals surface area contributed by atoms with Gasteiger partial charge in [0.2, 0.25) is 0 Å². The van der Waals surface area contributed by atoms with Crippen LogP contribution in [0.3, 0.4) is 0 Å². The fourth-order valence-electron chi connectivity index (χ4n) is 6.17. The van der Waals surface area contributed by atoms with Crippen LogP contribution in [0.25, 0.3) is 0 Å². The Morgan fingerprint density at radius 3 is 1.24 bits per heavy atom. The van der Waals surface area contributed by atoms with Crippen molar-refractivity contribution in [2.45, 2.75) is 213 Å². The Labute approximate surface area is 356 Å². The maximum Gasteiger partial charge on any atom is 0.306 e. The maximum absolute atomic E-state index is 12.7. The van der Waals surface area contributed by atoms with Gasteiger partial charge in [0, 0.05) is 19.3 Å². The smallest absolute Gasteiger partial charge is 0.306 e. The van der Waals surface area contributed by atoms with E-state index in [4.69, 9.17) is 14.2 Å². The first-order valence-electron chi connectivity index (χ1n) is 23.6. The minimum absolute atomic E-state index is 0.0970. The number of carbonyl (C=O) groups is 3. The quantitative estimate of drug-likeness (QED) is 0.0201. The number of rotatable bonds is 41. The van der Waals surface area contributed by atoms with Crippen molar-refractivity contribution in [3.8, 4) is 0 Å². The first-order chi connectivity index (χ1) is 28.5. The van der Waals surface area contributed by atoms with Crippen LogP contribution in [0.2, 0.25) is 0 Å². The van der Waals surface area contributed by atoms with E-state index in [2.05, 4.69) is 106 Å². The van der Waals surface area contributed by atoms with Gasteiger partial charge < -0.3 is 14.2 Å². The van der Waals surface area contributed by atoms with Crippen molar-refractivity contribution in [3.63, 3.8) is 0 Å². The highest BCUT2D eigenvalue weighted by atomic mass is 16.6. The van der Waals surface area contributed by atoms with E-state index in [0.29, 0.717) is 19.3 Å². The van der Waals surface area contributed by atoms with Gasteiger partial charge in [-0.1, -0.05) is 183 Å². The third-order valence-corrected chi connectivity index (χ3v) is 9.70. The summed E-state index contributed by atoms with van der Waals surface area (Å²) in [7, 11) is 0. The molecule has 0 aromatic heterocycles. The van der Waals surface area contributed by atoms with Crippen LogP contribution in [-0.4, -0.2) is 37.2 Å². The fourth-order valence-corrected chi connectivity index (χ4v) is 6.17. The average Bonchev–Trinajstić information content (AvgIpc) is 3.22. The molecule has 58 heavy (non-hydrogen) atoms. The molecular formula is C52H86O6. The van der Waals surface area contributed by atoms with E-state index < -0.39 is 6.10 Å². The number of ether oxygens (including phenoxy) is 3. The largest absolute Gasteiger partial charge is 0.462 e. The molecule has 0 amide bonds. The van der Waals surface area contributed by atoms with E-state index in [1.807, 2.05) is 0 Å². The molecule has 0 aliphatic rings. The predicted molar refractivity (Wildman–Crippen MR) is 247 cm³/mol. The molecule has 0 heterocycles. The van der Waals surface area contributed by atoms with E-state index in [1.54, 1.807) is 0 Å². The molecule has 330 valence electrons. The molecule has 0 aromatic carbocycles. The molecule has 0 rings (SSSR count). The van der Waals surface area contributed by atoms with Crippen LogP contribution in [0.5, 0.6) is 0 Å². The highest BCUT2D eigenvalue weighted by Gasteiger charge is 2.19. The molecule has 1 atom stereocenters. The van der Waals surface area contributed by atoms with E-state index in [-0.39, 0.29) is 31.1 Å². The van der Waals surface area contributed by atoms with E-state index in [9.17, 15) is 14.4 Å². The summed E-state index contributed by atoms with van der Waals surface area (Å²) in [6, 6.07) is 0. The molecular weight excluding hydrogens is 721 g/mol. The molecule has 6 nitrogen and oxygen atoms in total. The van der Waals surface area contributed by atoms with Gasteiger partial charge in [-0.3, -0.25) is 14.4 Å². The average molecular weight is 807 g/mol. The van der Waals surface area contributed by atoms with E-state index in [0.717, 1.165) is 122 Å². The summed E-state index contributed by atoms with van der Waals surface area (Å²) in [6.07, 6.45) is 58.5. The zero-order valence-corrected chi connectivity index (χ0v) is 37.5. The number of hydrogen-bond donors (Lipinski definition) is 0. The van der Waals surface area contributed by atoms with Gasteiger partial charge in [0.25, 0.3) is 0 Å². The minimum atomic E-state index is -0.796. The second-order valence-corrected chi connectivity index (χ2v) is 15.3. The molecule has 0 aliphatic heterocycles. The van der Waals surface area contributed by atoms with Crippen molar-refractivity contribution in [3.05, 3.63) is 85.1 Å². The van der Waals surface area contributed by atoms with Gasteiger partial charge in [-0.15, -0.1) is 0 Å². The summed E-state index contributed by atoms with van der Waals surface area (Å²) in [4.78, 5) is 37.8. The Balaban J connectivity index is 4.46. The van der Waals surface area contributed by atoms with Crippen LogP contribution in [0.1, 0.15) is 207 Å². The highest BCUT2D eigenvalue weighted by molar-refractivity contribution is 5.71. The maximum atomic E-state index is 12.7. The lowest BCUT2D eigenvalue weighted by Gasteiger charge is -2.18. The van der Waals surface area contributed by atoms with Gasteiger partial charge in [0.05, 0.1) is 0 Å². The first-order valence-corrected chi connectivity index (χ1v) is 23.6. The molecule has 0 saturated heterocycles. The van der Waals surface area contributed by atoms with Gasteiger partial charge >= 0.3 is 17.9 Å². The van der Waals surface area contributed by atoms with Gasteiger partial charge in [0.15, 0.2) is 6.10 Å². The molecule has 0 aliphatic carbocycles. The zero-order valence-electron chi connectivity index (χ0n) is 37.5. The van der Waals surface area contributed by atoms with E-state index >= 15 is 0 Å². The Morgan fingerprint density at radius 1 is 0.379 bits per heavy atom.